The molecule has 6 heteroatoms. The van der Waals surface area contributed by atoms with Crippen LogP contribution in [0.1, 0.15) is 39.5 Å². The Balaban J connectivity index is 2.78. The van der Waals surface area contributed by atoms with Gasteiger partial charge in [0.05, 0.1) is 12.8 Å². The molecule has 22 heavy (non-hydrogen) atoms. The van der Waals surface area contributed by atoms with E-state index in [1.807, 2.05) is 6.92 Å². The summed E-state index contributed by atoms with van der Waals surface area (Å²) in [6.07, 6.45) is 2.84. The molecule has 1 aromatic rings. The van der Waals surface area contributed by atoms with Gasteiger partial charge in [-0.1, -0.05) is 26.7 Å². The molecule has 0 spiro atoms. The Labute approximate surface area is 130 Å². The lowest BCUT2D eigenvalue weighted by atomic mass is 9.98. The van der Waals surface area contributed by atoms with E-state index < -0.39 is 11.9 Å². The highest BCUT2D eigenvalue weighted by Gasteiger charge is 2.16. The molecule has 1 atom stereocenters. The van der Waals surface area contributed by atoms with Crippen LogP contribution in [0.2, 0.25) is 0 Å². The molecule has 122 valence electrons. The Kier molecular flexibility index (Phi) is 7.36. The molecule has 0 aliphatic rings. The molecule has 5 nitrogen and oxygen atoms in total. The SMILES string of the molecule is CCCCC(CC)C(=O)Nc1ccc(F)c(NC(=O)OC)c1. The summed E-state index contributed by atoms with van der Waals surface area (Å²) in [6.45, 7) is 4.05. The molecule has 0 radical (unpaired) electrons. The van der Waals surface area contributed by atoms with Crippen LogP contribution in [-0.4, -0.2) is 19.1 Å². The van der Waals surface area contributed by atoms with E-state index in [1.54, 1.807) is 0 Å². The fourth-order valence-corrected chi connectivity index (χ4v) is 2.08. The maximum atomic E-state index is 13.6. The summed E-state index contributed by atoms with van der Waals surface area (Å²) in [5.41, 5.74) is 0.402. The zero-order valence-corrected chi connectivity index (χ0v) is 13.2. The number of carbonyl (C=O) groups excluding carboxylic acids is 2. The molecule has 2 N–H and O–H groups in total. The second-order valence-corrected chi connectivity index (χ2v) is 5.05. The van der Waals surface area contributed by atoms with Gasteiger partial charge in [0.15, 0.2) is 0 Å². The number of rotatable bonds is 7. The van der Waals surface area contributed by atoms with Gasteiger partial charge in [-0.2, -0.15) is 0 Å². The van der Waals surface area contributed by atoms with Gasteiger partial charge in [0.2, 0.25) is 5.91 Å². The molecule has 0 aliphatic carbocycles. The molecule has 2 amide bonds. The van der Waals surface area contributed by atoms with Crippen LogP contribution >= 0.6 is 0 Å². The Morgan fingerprint density at radius 2 is 2.00 bits per heavy atom. The average Bonchev–Trinajstić information content (AvgIpc) is 2.51. The van der Waals surface area contributed by atoms with Crippen LogP contribution in [0.25, 0.3) is 0 Å². The first kappa shape index (κ1) is 17.9. The summed E-state index contributed by atoms with van der Waals surface area (Å²) in [7, 11) is 1.19. The van der Waals surface area contributed by atoms with Gasteiger partial charge in [-0.15, -0.1) is 0 Å². The van der Waals surface area contributed by atoms with Crippen molar-refractivity contribution in [1.82, 2.24) is 0 Å². The van der Waals surface area contributed by atoms with Crippen molar-refractivity contribution in [1.29, 1.82) is 0 Å². The minimum atomic E-state index is -0.767. The zero-order chi connectivity index (χ0) is 16.5. The number of carbonyl (C=O) groups is 2. The fraction of sp³-hybridized carbons (Fsp3) is 0.500. The first-order chi connectivity index (χ1) is 10.5. The van der Waals surface area contributed by atoms with Gasteiger partial charge < -0.3 is 10.1 Å². The van der Waals surface area contributed by atoms with Gasteiger partial charge in [-0.3, -0.25) is 10.1 Å². The van der Waals surface area contributed by atoms with Gasteiger partial charge in [-0.05, 0) is 31.0 Å². The van der Waals surface area contributed by atoms with E-state index in [4.69, 9.17) is 0 Å². The van der Waals surface area contributed by atoms with Crippen LogP contribution in [0.4, 0.5) is 20.6 Å². The molecule has 1 unspecified atom stereocenters. The molecule has 0 saturated carbocycles. The van der Waals surface area contributed by atoms with Gasteiger partial charge in [0.25, 0.3) is 0 Å². The molecule has 1 rings (SSSR count). The summed E-state index contributed by atoms with van der Waals surface area (Å²) in [5.74, 6) is -0.755. The van der Waals surface area contributed by atoms with Gasteiger partial charge in [0.1, 0.15) is 5.82 Å². The fourth-order valence-electron chi connectivity index (χ4n) is 2.08. The second kappa shape index (κ2) is 9.02. The zero-order valence-electron chi connectivity index (χ0n) is 13.2. The van der Waals surface area contributed by atoms with Crippen LogP contribution in [0.15, 0.2) is 18.2 Å². The quantitative estimate of drug-likeness (QED) is 0.794. The topological polar surface area (TPSA) is 67.4 Å². The predicted octanol–water partition coefficient (Wildman–Crippen LogP) is 4.16. The smallest absolute Gasteiger partial charge is 0.411 e. The summed E-state index contributed by atoms with van der Waals surface area (Å²) in [4.78, 5) is 23.4. The summed E-state index contributed by atoms with van der Waals surface area (Å²) >= 11 is 0. The molecule has 0 aliphatic heterocycles. The van der Waals surface area contributed by atoms with Crippen molar-refractivity contribution in [2.24, 2.45) is 5.92 Å². The standard InChI is InChI=1S/C16H23FN2O3/c1-4-6-7-11(5-2)15(20)18-12-8-9-13(17)14(10-12)19-16(21)22-3/h8-11H,4-7H2,1-3H3,(H,18,20)(H,19,21). The summed E-state index contributed by atoms with van der Waals surface area (Å²) < 4.78 is 18.0. The van der Waals surface area contributed by atoms with Crippen molar-refractivity contribution >= 4 is 23.4 Å². The third-order valence-corrected chi connectivity index (χ3v) is 3.43. The van der Waals surface area contributed by atoms with Crippen molar-refractivity contribution < 1.29 is 18.7 Å². The maximum absolute atomic E-state index is 13.6. The van der Waals surface area contributed by atoms with Crippen molar-refractivity contribution in [3.05, 3.63) is 24.0 Å². The number of unbranched alkanes of at least 4 members (excludes halogenated alkanes) is 1. The number of methoxy groups -OCH3 is 1. The average molecular weight is 310 g/mol. The lowest BCUT2D eigenvalue weighted by molar-refractivity contribution is -0.120. The Morgan fingerprint density at radius 3 is 2.59 bits per heavy atom. The van der Waals surface area contributed by atoms with Crippen LogP contribution in [-0.2, 0) is 9.53 Å². The normalized spacial score (nSPS) is 11.6. The van der Waals surface area contributed by atoms with E-state index in [9.17, 15) is 14.0 Å². The number of benzene rings is 1. The monoisotopic (exact) mass is 310 g/mol. The third kappa shape index (κ3) is 5.35. The van der Waals surface area contributed by atoms with Crippen LogP contribution < -0.4 is 10.6 Å². The van der Waals surface area contributed by atoms with Crippen molar-refractivity contribution in [2.45, 2.75) is 39.5 Å². The third-order valence-electron chi connectivity index (χ3n) is 3.43. The molecule has 0 heterocycles. The second-order valence-electron chi connectivity index (χ2n) is 5.05. The molecule has 0 bridgehead atoms. The lowest BCUT2D eigenvalue weighted by Crippen LogP contribution is -2.22. The molecular formula is C16H23FN2O3. The largest absolute Gasteiger partial charge is 0.453 e. The highest BCUT2D eigenvalue weighted by molar-refractivity contribution is 5.93. The predicted molar refractivity (Wildman–Crippen MR) is 84.4 cm³/mol. The minimum absolute atomic E-state index is 0.0359. The van der Waals surface area contributed by atoms with Crippen LogP contribution in [0.5, 0.6) is 0 Å². The Morgan fingerprint density at radius 1 is 1.27 bits per heavy atom. The first-order valence-corrected chi connectivity index (χ1v) is 7.47. The summed E-state index contributed by atoms with van der Waals surface area (Å²) in [6, 6.07) is 4.02. The van der Waals surface area contributed by atoms with Crippen LogP contribution in [0, 0.1) is 11.7 Å². The number of ether oxygens (including phenoxy) is 1. The molecular weight excluding hydrogens is 287 g/mol. The van der Waals surface area contributed by atoms with Gasteiger partial charge in [0, 0.05) is 11.6 Å². The van der Waals surface area contributed by atoms with Gasteiger partial charge in [-0.25, -0.2) is 9.18 Å². The van der Waals surface area contributed by atoms with E-state index in [1.165, 1.54) is 25.3 Å². The van der Waals surface area contributed by atoms with Crippen molar-refractivity contribution in [3.63, 3.8) is 0 Å². The number of anilines is 2. The maximum Gasteiger partial charge on any atom is 0.411 e. The number of nitrogens with one attached hydrogen (secondary N) is 2. The van der Waals surface area contributed by atoms with E-state index >= 15 is 0 Å². The van der Waals surface area contributed by atoms with E-state index in [0.717, 1.165) is 25.7 Å². The van der Waals surface area contributed by atoms with Crippen LogP contribution in [0.3, 0.4) is 0 Å². The van der Waals surface area contributed by atoms with E-state index in [-0.39, 0.29) is 17.5 Å². The molecule has 1 aromatic carbocycles. The Hall–Kier alpha value is -2.11. The van der Waals surface area contributed by atoms with E-state index in [0.29, 0.717) is 5.69 Å². The molecule has 0 aromatic heterocycles. The number of amides is 2. The number of hydrogen-bond donors (Lipinski definition) is 2. The molecule has 0 saturated heterocycles. The highest BCUT2D eigenvalue weighted by atomic mass is 19.1. The molecule has 0 fully saturated rings. The van der Waals surface area contributed by atoms with Gasteiger partial charge >= 0.3 is 6.09 Å². The number of halogens is 1. The number of hydrogen-bond acceptors (Lipinski definition) is 3. The minimum Gasteiger partial charge on any atom is -0.453 e. The lowest BCUT2D eigenvalue weighted by Gasteiger charge is -2.15. The van der Waals surface area contributed by atoms with E-state index in [2.05, 4.69) is 22.3 Å². The highest BCUT2D eigenvalue weighted by Crippen LogP contribution is 2.22. The Bertz CT molecular complexity index is 520. The van der Waals surface area contributed by atoms with Crippen molar-refractivity contribution in [2.75, 3.05) is 17.7 Å². The first-order valence-electron chi connectivity index (χ1n) is 7.47. The van der Waals surface area contributed by atoms with Crippen molar-refractivity contribution in [3.8, 4) is 0 Å². The summed E-state index contributed by atoms with van der Waals surface area (Å²) in [5, 5.41) is 5.03.